The highest BCUT2D eigenvalue weighted by molar-refractivity contribution is 5.83. The molecule has 0 aliphatic heterocycles. The first-order valence-corrected chi connectivity index (χ1v) is 8.41. The van der Waals surface area contributed by atoms with Crippen molar-refractivity contribution in [2.45, 2.75) is 78.6 Å². The van der Waals surface area contributed by atoms with Gasteiger partial charge in [-0.1, -0.05) is 33.6 Å². The zero-order valence-electron chi connectivity index (χ0n) is 12.8. The second kappa shape index (κ2) is 3.28. The largest absolute Gasteiger partial charge is 0.300 e. The first-order chi connectivity index (χ1) is 8.89. The summed E-state index contributed by atoms with van der Waals surface area (Å²) in [4.78, 5) is 12.3. The van der Waals surface area contributed by atoms with E-state index in [4.69, 9.17) is 0 Å². The highest BCUT2D eigenvalue weighted by Crippen LogP contribution is 2.84. The Morgan fingerprint density at radius 3 is 2.47 bits per heavy atom. The molecule has 0 saturated heterocycles. The van der Waals surface area contributed by atoms with E-state index in [1.54, 1.807) is 0 Å². The van der Waals surface area contributed by atoms with E-state index < -0.39 is 0 Å². The van der Waals surface area contributed by atoms with Crippen LogP contribution in [0.3, 0.4) is 0 Å². The Kier molecular flexibility index (Phi) is 2.15. The summed E-state index contributed by atoms with van der Waals surface area (Å²) in [6.45, 7) is 7.55. The number of rotatable bonds is 0. The summed E-state index contributed by atoms with van der Waals surface area (Å²) in [7, 11) is 0. The van der Waals surface area contributed by atoms with Crippen molar-refractivity contribution in [3.8, 4) is 0 Å². The van der Waals surface area contributed by atoms with Crippen LogP contribution in [0.4, 0.5) is 0 Å². The Balaban J connectivity index is 1.93. The van der Waals surface area contributed by atoms with E-state index in [0.29, 0.717) is 27.4 Å². The minimum absolute atomic E-state index is 0.341. The molecule has 0 heterocycles. The quantitative estimate of drug-likeness (QED) is 0.614. The molecular formula is C18H28O. The Morgan fingerprint density at radius 2 is 1.68 bits per heavy atom. The minimum Gasteiger partial charge on any atom is -0.300 e. The molecule has 4 aliphatic carbocycles. The van der Waals surface area contributed by atoms with Gasteiger partial charge in [-0.3, -0.25) is 4.79 Å². The predicted molar refractivity (Wildman–Crippen MR) is 76.8 cm³/mol. The molecule has 0 bridgehead atoms. The third kappa shape index (κ3) is 1.07. The smallest absolute Gasteiger partial charge is 0.134 e. The zero-order valence-corrected chi connectivity index (χ0v) is 12.8. The van der Waals surface area contributed by atoms with Crippen LogP contribution >= 0.6 is 0 Å². The van der Waals surface area contributed by atoms with E-state index in [9.17, 15) is 4.79 Å². The molecule has 0 aromatic carbocycles. The Bertz CT molecular complexity index is 455. The van der Waals surface area contributed by atoms with Gasteiger partial charge >= 0.3 is 0 Å². The first kappa shape index (κ1) is 12.4. The van der Waals surface area contributed by atoms with Crippen LogP contribution in [0.5, 0.6) is 0 Å². The Hall–Kier alpha value is -0.330. The molecule has 4 saturated carbocycles. The molecule has 0 radical (unpaired) electrons. The van der Waals surface area contributed by atoms with E-state index in [1.807, 2.05) is 0 Å². The summed E-state index contributed by atoms with van der Waals surface area (Å²) in [6.07, 6.45) is 11.5. The van der Waals surface area contributed by atoms with Gasteiger partial charge in [0.25, 0.3) is 0 Å². The van der Waals surface area contributed by atoms with E-state index in [-0.39, 0.29) is 0 Å². The lowest BCUT2D eigenvalue weighted by atomic mass is 9.46. The van der Waals surface area contributed by atoms with Gasteiger partial charge in [0.1, 0.15) is 5.78 Å². The van der Waals surface area contributed by atoms with E-state index in [1.165, 1.54) is 44.9 Å². The molecule has 2 unspecified atom stereocenters. The van der Waals surface area contributed by atoms with Crippen molar-refractivity contribution in [3.63, 3.8) is 0 Å². The molecule has 106 valence electrons. The summed E-state index contributed by atoms with van der Waals surface area (Å²) < 4.78 is 0. The fraction of sp³-hybridized carbons (Fsp3) is 0.944. The minimum atomic E-state index is 0.341. The van der Waals surface area contributed by atoms with Crippen molar-refractivity contribution in [2.75, 3.05) is 0 Å². The fourth-order valence-corrected chi connectivity index (χ4v) is 7.86. The molecule has 19 heavy (non-hydrogen) atoms. The highest BCUT2D eigenvalue weighted by Gasteiger charge is 2.77. The van der Waals surface area contributed by atoms with Crippen LogP contribution in [0.1, 0.15) is 78.6 Å². The molecule has 0 amide bonds. The Morgan fingerprint density at radius 1 is 0.947 bits per heavy atom. The van der Waals surface area contributed by atoms with Gasteiger partial charge in [-0.15, -0.1) is 0 Å². The average molecular weight is 260 g/mol. The third-order valence-corrected chi connectivity index (χ3v) is 8.55. The molecule has 4 rings (SSSR count). The highest BCUT2D eigenvalue weighted by atomic mass is 16.1. The molecule has 0 aromatic rings. The molecule has 0 aromatic heterocycles. The standard InChI is InChI=1S/C18H28O/c1-13-5-4-6-15(2)7-9-17-12-14(19)11-16(17,3)8-10-18(13,15)17/h13H,4-12H2,1-3H3/t13-,15?,16+,17?,18-/m0/s1. The number of hydrogen-bond donors (Lipinski definition) is 0. The number of ketones is 1. The van der Waals surface area contributed by atoms with Gasteiger partial charge in [-0.2, -0.15) is 0 Å². The molecule has 1 heteroatoms. The summed E-state index contributed by atoms with van der Waals surface area (Å²) in [5, 5.41) is 0. The predicted octanol–water partition coefficient (Wildman–Crippen LogP) is 4.74. The van der Waals surface area contributed by atoms with Gasteiger partial charge in [0.15, 0.2) is 0 Å². The van der Waals surface area contributed by atoms with Crippen LogP contribution in [0.15, 0.2) is 0 Å². The summed E-state index contributed by atoms with van der Waals surface area (Å²) in [6, 6.07) is 0. The second-order valence-electron chi connectivity index (χ2n) is 8.86. The number of carbonyl (C=O) groups excluding carboxylic acids is 1. The molecule has 5 atom stereocenters. The molecular weight excluding hydrogens is 232 g/mol. The van der Waals surface area contributed by atoms with Crippen molar-refractivity contribution in [2.24, 2.45) is 27.6 Å². The third-order valence-electron chi connectivity index (χ3n) is 8.55. The van der Waals surface area contributed by atoms with Crippen LogP contribution < -0.4 is 0 Å². The van der Waals surface area contributed by atoms with Crippen molar-refractivity contribution in [3.05, 3.63) is 0 Å². The fourth-order valence-electron chi connectivity index (χ4n) is 7.86. The van der Waals surface area contributed by atoms with Crippen molar-refractivity contribution < 1.29 is 4.79 Å². The van der Waals surface area contributed by atoms with Crippen molar-refractivity contribution in [1.82, 2.24) is 0 Å². The van der Waals surface area contributed by atoms with Crippen molar-refractivity contribution >= 4 is 5.78 Å². The zero-order chi connectivity index (χ0) is 13.5. The molecule has 4 aliphatic rings. The second-order valence-corrected chi connectivity index (χ2v) is 8.86. The van der Waals surface area contributed by atoms with Gasteiger partial charge < -0.3 is 0 Å². The van der Waals surface area contributed by atoms with Crippen molar-refractivity contribution in [1.29, 1.82) is 0 Å². The molecule has 4 fully saturated rings. The van der Waals surface area contributed by atoms with E-state index in [2.05, 4.69) is 20.8 Å². The van der Waals surface area contributed by atoms with Crippen LogP contribution in [0, 0.1) is 27.6 Å². The van der Waals surface area contributed by atoms with Gasteiger partial charge in [0.2, 0.25) is 0 Å². The van der Waals surface area contributed by atoms with Gasteiger partial charge in [0.05, 0.1) is 0 Å². The molecule has 0 N–H and O–H groups in total. The summed E-state index contributed by atoms with van der Waals surface area (Å²) in [5.41, 5.74) is 1.76. The SMILES string of the molecule is C[C@H]1CCCC2(C)CCC34CC(=O)C[C@@]3(C)CC[C@]124. The van der Waals surface area contributed by atoms with Gasteiger partial charge in [-0.05, 0) is 59.7 Å². The topological polar surface area (TPSA) is 17.1 Å². The van der Waals surface area contributed by atoms with Gasteiger partial charge in [-0.25, -0.2) is 0 Å². The van der Waals surface area contributed by atoms with Crippen LogP contribution in [0.2, 0.25) is 0 Å². The van der Waals surface area contributed by atoms with Crippen LogP contribution in [0.25, 0.3) is 0 Å². The monoisotopic (exact) mass is 260 g/mol. The number of hydrogen-bond acceptors (Lipinski definition) is 1. The maximum absolute atomic E-state index is 12.3. The molecule has 2 spiro atoms. The lowest BCUT2D eigenvalue weighted by molar-refractivity contribution is -0.122. The van der Waals surface area contributed by atoms with E-state index >= 15 is 0 Å². The lowest BCUT2D eigenvalue weighted by Crippen LogP contribution is -2.52. The number of Topliss-reactive ketones (excluding diaryl/α,β-unsaturated/α-hetero) is 1. The van der Waals surface area contributed by atoms with Crippen LogP contribution in [-0.2, 0) is 4.79 Å². The Labute approximate surface area is 117 Å². The maximum Gasteiger partial charge on any atom is 0.134 e. The number of carbonyl (C=O) groups is 1. The maximum atomic E-state index is 12.3. The summed E-state index contributed by atoms with van der Waals surface area (Å²) >= 11 is 0. The first-order valence-electron chi connectivity index (χ1n) is 8.41. The lowest BCUT2D eigenvalue weighted by Gasteiger charge is -2.58. The van der Waals surface area contributed by atoms with Gasteiger partial charge in [0, 0.05) is 12.8 Å². The normalized spacial score (nSPS) is 59.9. The summed E-state index contributed by atoms with van der Waals surface area (Å²) in [5.74, 6) is 1.41. The molecule has 1 nitrogen and oxygen atoms in total. The van der Waals surface area contributed by atoms with Crippen LogP contribution in [-0.4, -0.2) is 5.78 Å². The average Bonchev–Trinajstić information content (AvgIpc) is 2.82. The van der Waals surface area contributed by atoms with E-state index in [0.717, 1.165) is 18.8 Å².